The van der Waals surface area contributed by atoms with Crippen LogP contribution in [0.2, 0.25) is 0 Å². The highest BCUT2D eigenvalue weighted by atomic mass is 16.6. The first-order valence-electron chi connectivity index (χ1n) is 5.97. The van der Waals surface area contributed by atoms with Gasteiger partial charge in [0.05, 0.1) is 13.2 Å². The van der Waals surface area contributed by atoms with Crippen LogP contribution in [-0.2, 0) is 4.74 Å². The Hall–Kier alpha value is -1.39. The van der Waals surface area contributed by atoms with Gasteiger partial charge >= 0.3 is 0 Å². The molecule has 0 radical (unpaired) electrons. The molecule has 4 heteroatoms. The maximum absolute atomic E-state index is 10.6. The Kier molecular flexibility index (Phi) is 5.31. The molecule has 1 aromatic rings. The van der Waals surface area contributed by atoms with E-state index in [1.807, 2.05) is 6.92 Å². The van der Waals surface area contributed by atoms with Crippen molar-refractivity contribution >= 4 is 6.29 Å². The minimum atomic E-state index is -1.10. The summed E-state index contributed by atoms with van der Waals surface area (Å²) in [5.41, 5.74) is 1.58. The van der Waals surface area contributed by atoms with Crippen LogP contribution >= 0.6 is 0 Å². The van der Waals surface area contributed by atoms with Crippen molar-refractivity contribution in [1.82, 2.24) is 0 Å². The monoisotopic (exact) mass is 252 g/mol. The zero-order valence-corrected chi connectivity index (χ0v) is 11.1. The predicted molar refractivity (Wildman–Crippen MR) is 68.9 cm³/mol. The fourth-order valence-electron chi connectivity index (χ4n) is 1.47. The fraction of sp³-hybridized carbons (Fsp3) is 0.500. The maximum atomic E-state index is 10.6. The second-order valence-corrected chi connectivity index (χ2v) is 4.64. The van der Waals surface area contributed by atoms with Gasteiger partial charge in [-0.3, -0.25) is 4.79 Å². The molecule has 0 spiro atoms. The molecule has 0 saturated carbocycles. The normalized spacial score (nSPS) is 11.3. The topological polar surface area (TPSA) is 55.8 Å². The van der Waals surface area contributed by atoms with Gasteiger partial charge in [-0.2, -0.15) is 0 Å². The molecule has 0 aliphatic heterocycles. The Bertz CT molecular complexity index is 393. The Morgan fingerprint density at radius 1 is 1.33 bits per heavy atom. The summed E-state index contributed by atoms with van der Waals surface area (Å²) in [4.78, 5) is 10.6. The summed E-state index contributed by atoms with van der Waals surface area (Å²) in [5, 5.41) is 9.34. The summed E-state index contributed by atoms with van der Waals surface area (Å²) < 4.78 is 10.7. The number of benzene rings is 1. The molecule has 18 heavy (non-hydrogen) atoms. The lowest BCUT2D eigenvalue weighted by atomic mass is 10.1. The average molecular weight is 252 g/mol. The van der Waals surface area contributed by atoms with Crippen LogP contribution in [0, 0.1) is 6.92 Å². The largest absolute Gasteiger partial charge is 0.493 e. The first kappa shape index (κ1) is 14.7. The van der Waals surface area contributed by atoms with Crippen LogP contribution in [0.25, 0.3) is 0 Å². The number of ether oxygens (including phenoxy) is 2. The molecule has 0 aromatic heterocycles. The number of hydrogen-bond acceptors (Lipinski definition) is 4. The van der Waals surface area contributed by atoms with E-state index in [-0.39, 0.29) is 0 Å². The number of rotatable bonds is 7. The Morgan fingerprint density at radius 3 is 2.61 bits per heavy atom. The van der Waals surface area contributed by atoms with E-state index < -0.39 is 5.79 Å². The van der Waals surface area contributed by atoms with E-state index in [1.54, 1.807) is 32.0 Å². The van der Waals surface area contributed by atoms with Gasteiger partial charge in [0, 0.05) is 12.0 Å². The minimum absolute atomic E-state index is 0.439. The van der Waals surface area contributed by atoms with Gasteiger partial charge in [-0.25, -0.2) is 0 Å². The van der Waals surface area contributed by atoms with E-state index >= 15 is 0 Å². The van der Waals surface area contributed by atoms with Crippen molar-refractivity contribution in [3.05, 3.63) is 29.3 Å². The van der Waals surface area contributed by atoms with Crippen LogP contribution in [-0.4, -0.2) is 30.4 Å². The van der Waals surface area contributed by atoms with E-state index in [0.717, 1.165) is 17.6 Å². The zero-order chi connectivity index (χ0) is 13.6. The smallest absolute Gasteiger partial charge is 0.159 e. The number of aliphatic hydroxyl groups is 1. The molecule has 0 aliphatic rings. The van der Waals surface area contributed by atoms with E-state index in [0.29, 0.717) is 25.2 Å². The van der Waals surface area contributed by atoms with Crippen LogP contribution in [0.15, 0.2) is 18.2 Å². The summed E-state index contributed by atoms with van der Waals surface area (Å²) in [6.07, 6.45) is 1.51. The highest BCUT2D eigenvalue weighted by molar-refractivity contribution is 5.75. The number of carbonyl (C=O) groups is 1. The Morgan fingerprint density at radius 2 is 2.06 bits per heavy atom. The number of carbonyl (C=O) groups excluding carboxylic acids is 1. The van der Waals surface area contributed by atoms with Gasteiger partial charge in [-0.05, 0) is 44.5 Å². The van der Waals surface area contributed by atoms with Crippen LogP contribution in [0.4, 0.5) is 0 Å². The fourth-order valence-corrected chi connectivity index (χ4v) is 1.47. The second-order valence-electron chi connectivity index (χ2n) is 4.64. The van der Waals surface area contributed by atoms with Crippen molar-refractivity contribution in [3.8, 4) is 5.75 Å². The Balaban J connectivity index is 2.33. The summed E-state index contributed by atoms with van der Waals surface area (Å²) in [6, 6.07) is 5.30. The molecule has 0 amide bonds. The van der Waals surface area contributed by atoms with Gasteiger partial charge < -0.3 is 14.6 Å². The third-order valence-electron chi connectivity index (χ3n) is 2.34. The number of aryl methyl sites for hydroxylation is 1. The predicted octanol–water partition coefficient (Wildman–Crippen LogP) is 2.32. The molecule has 1 aromatic carbocycles. The van der Waals surface area contributed by atoms with Gasteiger partial charge in [-0.1, -0.05) is 0 Å². The minimum Gasteiger partial charge on any atom is -0.493 e. The van der Waals surface area contributed by atoms with Crippen molar-refractivity contribution in [2.75, 3.05) is 13.2 Å². The highest BCUT2D eigenvalue weighted by Crippen LogP contribution is 2.18. The quantitative estimate of drug-likeness (QED) is 0.459. The van der Waals surface area contributed by atoms with Crippen molar-refractivity contribution in [2.45, 2.75) is 33.0 Å². The van der Waals surface area contributed by atoms with E-state index in [1.165, 1.54) is 0 Å². The van der Waals surface area contributed by atoms with E-state index in [4.69, 9.17) is 9.47 Å². The first-order chi connectivity index (χ1) is 8.42. The van der Waals surface area contributed by atoms with Crippen molar-refractivity contribution in [3.63, 3.8) is 0 Å². The lowest BCUT2D eigenvalue weighted by Gasteiger charge is -2.18. The van der Waals surface area contributed by atoms with Gasteiger partial charge in [0.25, 0.3) is 0 Å². The van der Waals surface area contributed by atoms with Gasteiger partial charge in [-0.15, -0.1) is 0 Å². The highest BCUT2D eigenvalue weighted by Gasteiger charge is 2.11. The third-order valence-corrected chi connectivity index (χ3v) is 2.34. The molecular weight excluding hydrogens is 232 g/mol. The van der Waals surface area contributed by atoms with Crippen LogP contribution < -0.4 is 4.74 Å². The third kappa shape index (κ3) is 5.29. The average Bonchev–Trinajstić information content (AvgIpc) is 2.29. The first-order valence-corrected chi connectivity index (χ1v) is 5.97. The van der Waals surface area contributed by atoms with Crippen molar-refractivity contribution in [1.29, 1.82) is 0 Å². The molecule has 0 unspecified atom stereocenters. The SMILES string of the molecule is Cc1cc(C=O)ccc1OCCCOC(C)(C)O. The molecule has 1 N–H and O–H groups in total. The summed E-state index contributed by atoms with van der Waals surface area (Å²) in [5.74, 6) is -0.328. The van der Waals surface area contributed by atoms with Crippen molar-refractivity contribution < 1.29 is 19.4 Å². The number of hydrogen-bond donors (Lipinski definition) is 1. The molecule has 0 bridgehead atoms. The number of aldehydes is 1. The molecule has 1 rings (SSSR count). The molecule has 0 saturated heterocycles. The molecule has 0 fully saturated rings. The zero-order valence-electron chi connectivity index (χ0n) is 11.1. The lowest BCUT2D eigenvalue weighted by Crippen LogP contribution is -2.24. The van der Waals surface area contributed by atoms with Crippen molar-refractivity contribution in [2.24, 2.45) is 0 Å². The molecule has 4 nitrogen and oxygen atoms in total. The summed E-state index contributed by atoms with van der Waals surface area (Å²) in [7, 11) is 0. The standard InChI is InChI=1S/C14H20O4/c1-11-9-12(10-15)5-6-13(11)17-7-4-8-18-14(2,3)16/h5-6,9-10,16H,4,7-8H2,1-3H3. The summed E-state index contributed by atoms with van der Waals surface area (Å²) >= 11 is 0. The van der Waals surface area contributed by atoms with Gasteiger partial charge in [0.1, 0.15) is 12.0 Å². The molecule has 0 atom stereocenters. The van der Waals surface area contributed by atoms with E-state index in [9.17, 15) is 9.90 Å². The molecular formula is C14H20O4. The Labute approximate surface area is 108 Å². The van der Waals surface area contributed by atoms with Crippen LogP contribution in [0.1, 0.15) is 36.2 Å². The molecule has 0 aliphatic carbocycles. The van der Waals surface area contributed by atoms with E-state index in [2.05, 4.69) is 0 Å². The molecule has 0 heterocycles. The second kappa shape index (κ2) is 6.52. The lowest BCUT2D eigenvalue weighted by molar-refractivity contribution is -0.176. The van der Waals surface area contributed by atoms with Crippen LogP contribution in [0.5, 0.6) is 5.75 Å². The van der Waals surface area contributed by atoms with Crippen LogP contribution in [0.3, 0.4) is 0 Å². The van der Waals surface area contributed by atoms with Gasteiger partial charge in [0.2, 0.25) is 0 Å². The maximum Gasteiger partial charge on any atom is 0.159 e. The summed E-state index contributed by atoms with van der Waals surface area (Å²) in [6.45, 7) is 6.04. The van der Waals surface area contributed by atoms with Gasteiger partial charge in [0.15, 0.2) is 5.79 Å². The molecule has 100 valence electrons.